The number of amides is 3. The maximum Gasteiger partial charge on any atom is 0.435 e. The van der Waals surface area contributed by atoms with Gasteiger partial charge < -0.3 is 10.2 Å². The number of aryl methyl sites for hydroxylation is 1. The van der Waals surface area contributed by atoms with Crippen LogP contribution in [0.15, 0.2) is 41.6 Å². The molecule has 2 aromatic carbocycles. The highest BCUT2D eigenvalue weighted by Gasteiger charge is 2.62. The van der Waals surface area contributed by atoms with Crippen molar-refractivity contribution in [3.05, 3.63) is 68.7 Å². The molecule has 8 nitrogen and oxygen atoms in total. The van der Waals surface area contributed by atoms with E-state index in [1.165, 1.54) is 31.3 Å². The highest BCUT2D eigenvalue weighted by atomic mass is 35.5. The lowest BCUT2D eigenvalue weighted by Gasteiger charge is -2.29. The van der Waals surface area contributed by atoms with Gasteiger partial charge in [-0.05, 0) is 48.4 Å². The minimum absolute atomic E-state index is 0.0136. The van der Waals surface area contributed by atoms with Gasteiger partial charge in [0.2, 0.25) is 5.91 Å². The Bertz CT molecular complexity index is 1280. The standard InChI is InChI=1S/C23H19Cl2F3N4O4/c1-11-5-12(3-4-16(11)20(34)30-17-9-19(33)32(29-2)21(17)35)18-10-22(36-31-18,23(26,27)28)13-6-14(24)8-15(25)7-13/h3-8,17,29H,9-10H2,1-2H3,(H,30,34)/t17-,22?/m1/s1. The molecule has 36 heavy (non-hydrogen) atoms. The molecule has 0 saturated carbocycles. The summed E-state index contributed by atoms with van der Waals surface area (Å²) in [7, 11) is 1.41. The number of benzene rings is 2. The van der Waals surface area contributed by atoms with E-state index in [4.69, 9.17) is 28.0 Å². The summed E-state index contributed by atoms with van der Waals surface area (Å²) in [6, 6.07) is 6.88. The number of nitrogens with one attached hydrogen (secondary N) is 2. The molecule has 1 unspecified atom stereocenters. The molecule has 0 aliphatic carbocycles. The normalized spacial score (nSPS) is 22.0. The van der Waals surface area contributed by atoms with Gasteiger partial charge in [0.25, 0.3) is 17.4 Å². The molecular formula is C23H19Cl2F3N4O4. The summed E-state index contributed by atoms with van der Waals surface area (Å²) >= 11 is 11.9. The minimum atomic E-state index is -4.84. The topological polar surface area (TPSA) is 100 Å². The number of rotatable bonds is 5. The highest BCUT2D eigenvalue weighted by Crippen LogP contribution is 2.49. The predicted octanol–water partition coefficient (Wildman–Crippen LogP) is 3.88. The van der Waals surface area contributed by atoms with Gasteiger partial charge in [0, 0.05) is 34.6 Å². The number of hydrazine groups is 1. The van der Waals surface area contributed by atoms with Gasteiger partial charge in [-0.15, -0.1) is 0 Å². The quantitative estimate of drug-likeness (QED) is 0.558. The lowest BCUT2D eigenvalue weighted by atomic mass is 9.86. The van der Waals surface area contributed by atoms with Crippen molar-refractivity contribution in [3.8, 4) is 0 Å². The SMILES string of the molecule is CNN1C(=O)C[C@@H](NC(=O)c2ccc(C3=NOC(c4cc(Cl)cc(Cl)c4)(C(F)(F)F)C3)cc2C)C1=O. The van der Waals surface area contributed by atoms with Gasteiger partial charge in [-0.3, -0.25) is 14.4 Å². The number of imide groups is 1. The number of nitrogens with zero attached hydrogens (tertiary/aromatic N) is 2. The monoisotopic (exact) mass is 542 g/mol. The van der Waals surface area contributed by atoms with Gasteiger partial charge in [-0.25, -0.2) is 10.4 Å². The van der Waals surface area contributed by atoms with Crippen LogP contribution in [0, 0.1) is 6.92 Å². The summed E-state index contributed by atoms with van der Waals surface area (Å²) in [6.07, 6.45) is -5.67. The molecule has 2 aliphatic heterocycles. The van der Waals surface area contributed by atoms with Gasteiger partial charge in [0.1, 0.15) is 6.04 Å². The first kappa shape index (κ1) is 25.9. The molecule has 3 amide bonds. The van der Waals surface area contributed by atoms with Gasteiger partial charge in [-0.1, -0.05) is 34.4 Å². The first-order chi connectivity index (χ1) is 16.9. The number of carbonyl (C=O) groups excluding carboxylic acids is 3. The maximum absolute atomic E-state index is 14.2. The molecule has 0 bridgehead atoms. The van der Waals surface area contributed by atoms with Crippen LogP contribution in [0.5, 0.6) is 0 Å². The van der Waals surface area contributed by atoms with E-state index in [0.717, 1.165) is 17.1 Å². The first-order valence-corrected chi connectivity index (χ1v) is 11.4. The van der Waals surface area contributed by atoms with Gasteiger partial charge >= 0.3 is 6.18 Å². The Morgan fingerprint density at radius 2 is 1.83 bits per heavy atom. The lowest BCUT2D eigenvalue weighted by molar-refractivity contribution is -0.275. The molecule has 4 rings (SSSR count). The third-order valence-electron chi connectivity index (χ3n) is 5.99. The summed E-state index contributed by atoms with van der Waals surface area (Å²) in [4.78, 5) is 41.8. The molecule has 2 aromatic rings. The minimum Gasteiger partial charge on any atom is -0.374 e. The zero-order chi connectivity index (χ0) is 26.4. The summed E-state index contributed by atoms with van der Waals surface area (Å²) in [5.41, 5.74) is 0.323. The van der Waals surface area contributed by atoms with Crippen LogP contribution in [-0.4, -0.2) is 47.7 Å². The Hall–Kier alpha value is -3.15. The molecule has 2 N–H and O–H groups in total. The van der Waals surface area contributed by atoms with Gasteiger partial charge in [-0.2, -0.15) is 13.2 Å². The fraction of sp³-hybridized carbons (Fsp3) is 0.304. The molecule has 190 valence electrons. The van der Waals surface area contributed by atoms with E-state index >= 15 is 0 Å². The third-order valence-corrected chi connectivity index (χ3v) is 6.43. The van der Waals surface area contributed by atoms with Crippen molar-refractivity contribution >= 4 is 46.6 Å². The predicted molar refractivity (Wildman–Crippen MR) is 124 cm³/mol. The van der Waals surface area contributed by atoms with E-state index < -0.39 is 42.0 Å². The second kappa shape index (κ2) is 9.38. The van der Waals surface area contributed by atoms with E-state index in [9.17, 15) is 27.6 Å². The van der Waals surface area contributed by atoms with E-state index in [0.29, 0.717) is 11.1 Å². The van der Waals surface area contributed by atoms with Crippen molar-refractivity contribution in [2.75, 3.05) is 7.05 Å². The number of hydrogen-bond donors (Lipinski definition) is 2. The van der Waals surface area contributed by atoms with Gasteiger partial charge in [0.05, 0.1) is 12.1 Å². The van der Waals surface area contributed by atoms with Gasteiger partial charge in [0.15, 0.2) is 0 Å². The Labute approximate surface area is 213 Å². The average Bonchev–Trinajstić information content (AvgIpc) is 3.35. The Balaban J connectivity index is 1.56. The molecule has 1 fully saturated rings. The van der Waals surface area contributed by atoms with Crippen LogP contribution in [0.3, 0.4) is 0 Å². The highest BCUT2D eigenvalue weighted by molar-refractivity contribution is 6.34. The molecule has 1 saturated heterocycles. The van der Waals surface area contributed by atoms with Crippen LogP contribution >= 0.6 is 23.2 Å². The number of halogens is 5. The van der Waals surface area contributed by atoms with E-state index in [-0.39, 0.29) is 33.3 Å². The largest absolute Gasteiger partial charge is 0.435 e. The van der Waals surface area contributed by atoms with E-state index in [1.807, 2.05) is 0 Å². The summed E-state index contributed by atoms with van der Waals surface area (Å²) in [6.45, 7) is 1.59. The molecule has 13 heteroatoms. The average molecular weight is 543 g/mol. The molecule has 2 atom stereocenters. The second-order valence-electron chi connectivity index (χ2n) is 8.34. The molecule has 0 spiro atoms. The first-order valence-electron chi connectivity index (χ1n) is 10.6. The zero-order valence-electron chi connectivity index (χ0n) is 18.9. The maximum atomic E-state index is 14.2. The van der Waals surface area contributed by atoms with Crippen LogP contribution < -0.4 is 10.7 Å². The molecule has 2 aliphatic rings. The summed E-state index contributed by atoms with van der Waals surface area (Å²) in [5.74, 6) is -1.67. The zero-order valence-corrected chi connectivity index (χ0v) is 20.4. The van der Waals surface area contributed by atoms with E-state index in [2.05, 4.69) is 15.9 Å². The summed E-state index contributed by atoms with van der Waals surface area (Å²) < 4.78 is 42.6. The van der Waals surface area contributed by atoms with Crippen LogP contribution in [-0.2, 0) is 20.0 Å². The van der Waals surface area contributed by atoms with Crippen molar-refractivity contribution in [3.63, 3.8) is 0 Å². The van der Waals surface area contributed by atoms with Crippen LogP contribution in [0.25, 0.3) is 0 Å². The summed E-state index contributed by atoms with van der Waals surface area (Å²) in [5, 5.41) is 7.08. The van der Waals surface area contributed by atoms with Crippen molar-refractivity contribution < 1.29 is 32.4 Å². The van der Waals surface area contributed by atoms with Crippen LogP contribution in [0.1, 0.15) is 39.9 Å². The lowest BCUT2D eigenvalue weighted by Crippen LogP contribution is -2.45. The molecule has 2 heterocycles. The number of carbonyl (C=O) groups is 3. The van der Waals surface area contributed by atoms with Crippen LogP contribution in [0.4, 0.5) is 13.2 Å². The fourth-order valence-corrected chi connectivity index (χ4v) is 4.69. The Morgan fingerprint density at radius 1 is 1.17 bits per heavy atom. The molecule has 0 radical (unpaired) electrons. The number of alkyl halides is 3. The number of oxime groups is 1. The van der Waals surface area contributed by atoms with Crippen molar-refractivity contribution in [2.24, 2.45) is 5.16 Å². The number of hydrogen-bond acceptors (Lipinski definition) is 6. The Kier molecular flexibility index (Phi) is 6.76. The van der Waals surface area contributed by atoms with Crippen molar-refractivity contribution in [1.82, 2.24) is 15.8 Å². The third kappa shape index (κ3) is 4.54. The smallest absolute Gasteiger partial charge is 0.374 e. The molecular weight excluding hydrogens is 524 g/mol. The van der Waals surface area contributed by atoms with E-state index in [1.54, 1.807) is 6.92 Å². The fourth-order valence-electron chi connectivity index (χ4n) is 4.16. The second-order valence-corrected chi connectivity index (χ2v) is 9.21. The molecule has 0 aromatic heterocycles. The van der Waals surface area contributed by atoms with Crippen molar-refractivity contribution in [2.45, 2.75) is 37.6 Å². The van der Waals surface area contributed by atoms with Crippen molar-refractivity contribution in [1.29, 1.82) is 0 Å². The Morgan fingerprint density at radius 3 is 2.39 bits per heavy atom. The van der Waals surface area contributed by atoms with Crippen LogP contribution in [0.2, 0.25) is 10.0 Å².